The molecule has 3 aromatic rings. The van der Waals surface area contributed by atoms with Crippen LogP contribution in [0.4, 0.5) is 5.69 Å². The van der Waals surface area contributed by atoms with Gasteiger partial charge in [0.25, 0.3) is 5.91 Å². The van der Waals surface area contributed by atoms with Gasteiger partial charge in [0.1, 0.15) is 0 Å². The number of carbonyl (C=O) groups is 2. The molecule has 0 bridgehead atoms. The van der Waals surface area contributed by atoms with Gasteiger partial charge in [0.2, 0.25) is 0 Å². The van der Waals surface area contributed by atoms with Crippen LogP contribution >= 0.6 is 0 Å². The quantitative estimate of drug-likeness (QED) is 0.502. The Kier molecular flexibility index (Phi) is 5.95. The number of carbonyl (C=O) groups excluding carboxylic acids is 2. The Morgan fingerprint density at radius 1 is 0.938 bits per heavy atom. The van der Waals surface area contributed by atoms with Gasteiger partial charge in [0, 0.05) is 28.8 Å². The van der Waals surface area contributed by atoms with Crippen molar-refractivity contribution in [1.29, 1.82) is 0 Å². The molecule has 0 saturated carbocycles. The second-order valence-electron chi connectivity index (χ2n) is 8.53. The first-order valence-electron chi connectivity index (χ1n) is 10.8. The average Bonchev–Trinajstić information content (AvgIpc) is 3.19. The van der Waals surface area contributed by atoms with Gasteiger partial charge >= 0.3 is 5.97 Å². The van der Waals surface area contributed by atoms with E-state index in [-0.39, 0.29) is 18.0 Å². The fraction of sp³-hybridized carbons (Fsp3) is 0.214. The van der Waals surface area contributed by atoms with Crippen molar-refractivity contribution < 1.29 is 14.3 Å². The fourth-order valence-corrected chi connectivity index (χ4v) is 3.96. The third-order valence-electron chi connectivity index (χ3n) is 5.58. The Morgan fingerprint density at radius 2 is 1.69 bits per heavy atom. The molecule has 1 amide bonds. The minimum atomic E-state index is -0.310. The molecular formula is C28H27NO3. The highest BCUT2D eigenvalue weighted by atomic mass is 16.5. The van der Waals surface area contributed by atoms with Crippen molar-refractivity contribution in [2.45, 2.75) is 40.2 Å². The predicted molar refractivity (Wildman–Crippen MR) is 129 cm³/mol. The highest BCUT2D eigenvalue weighted by Gasteiger charge is 2.23. The van der Waals surface area contributed by atoms with Gasteiger partial charge in [-0.1, -0.05) is 54.1 Å². The zero-order valence-corrected chi connectivity index (χ0v) is 18.9. The van der Waals surface area contributed by atoms with Gasteiger partial charge in [-0.05, 0) is 68.2 Å². The molecule has 0 heterocycles. The van der Waals surface area contributed by atoms with Crippen LogP contribution in [0.1, 0.15) is 46.5 Å². The van der Waals surface area contributed by atoms with Crippen LogP contribution in [0.2, 0.25) is 0 Å². The predicted octanol–water partition coefficient (Wildman–Crippen LogP) is 6.11. The number of aryl methyl sites for hydroxylation is 2. The van der Waals surface area contributed by atoms with Gasteiger partial charge in [-0.2, -0.15) is 0 Å². The minimum absolute atomic E-state index is 0.169. The van der Waals surface area contributed by atoms with E-state index in [2.05, 4.69) is 24.4 Å². The number of fused-ring (bicyclic) bond motifs is 1. The molecule has 1 N–H and O–H groups in total. The molecule has 4 nitrogen and oxygen atoms in total. The summed E-state index contributed by atoms with van der Waals surface area (Å²) in [5, 5.41) is 3.05. The summed E-state index contributed by atoms with van der Waals surface area (Å²) < 4.78 is 5.34. The Hall–Kier alpha value is -3.66. The Labute approximate surface area is 188 Å². The number of anilines is 1. The van der Waals surface area contributed by atoms with Gasteiger partial charge in [0.15, 0.2) is 0 Å². The lowest BCUT2D eigenvalue weighted by Crippen LogP contribution is -2.14. The van der Waals surface area contributed by atoms with E-state index in [1.54, 1.807) is 0 Å². The fourth-order valence-electron chi connectivity index (χ4n) is 3.96. The molecule has 162 valence electrons. The van der Waals surface area contributed by atoms with Crippen molar-refractivity contribution in [1.82, 2.24) is 0 Å². The lowest BCUT2D eigenvalue weighted by Gasteiger charge is -2.13. The zero-order chi connectivity index (χ0) is 22.8. The molecule has 32 heavy (non-hydrogen) atoms. The van der Waals surface area contributed by atoms with E-state index >= 15 is 0 Å². The number of ether oxygens (including phenoxy) is 1. The highest BCUT2D eigenvalue weighted by molar-refractivity contribution is 6.08. The van der Waals surface area contributed by atoms with Crippen molar-refractivity contribution >= 4 is 23.6 Å². The third-order valence-corrected chi connectivity index (χ3v) is 5.58. The van der Waals surface area contributed by atoms with Crippen LogP contribution in [0, 0.1) is 13.8 Å². The van der Waals surface area contributed by atoms with Crippen molar-refractivity contribution in [3.8, 4) is 11.1 Å². The number of esters is 1. The Balaban J connectivity index is 1.61. The van der Waals surface area contributed by atoms with Crippen molar-refractivity contribution in [2.75, 3.05) is 5.32 Å². The molecule has 0 spiro atoms. The third kappa shape index (κ3) is 4.50. The van der Waals surface area contributed by atoms with Crippen molar-refractivity contribution in [3.05, 3.63) is 94.1 Å². The largest absolute Gasteiger partial charge is 0.460 e. The summed E-state index contributed by atoms with van der Waals surface area (Å²) in [6.45, 7) is 7.66. The maximum atomic E-state index is 13.2. The first-order chi connectivity index (χ1) is 15.3. The maximum Gasteiger partial charge on any atom is 0.334 e. The molecule has 0 saturated heterocycles. The molecule has 1 aliphatic rings. The zero-order valence-electron chi connectivity index (χ0n) is 18.9. The van der Waals surface area contributed by atoms with E-state index < -0.39 is 0 Å². The SMILES string of the molecule is Cc1cccc(-c2ccc(C)c(C(=O)Nc3cccc4c3C=C(C(=O)OC(C)C)C4)c2)c1. The first-order valence-corrected chi connectivity index (χ1v) is 10.8. The van der Waals surface area contributed by atoms with E-state index in [4.69, 9.17) is 4.74 Å². The summed E-state index contributed by atoms with van der Waals surface area (Å²) in [5.74, 6) is -0.479. The minimum Gasteiger partial charge on any atom is -0.460 e. The molecule has 0 atom stereocenters. The smallest absolute Gasteiger partial charge is 0.334 e. The molecule has 0 aliphatic heterocycles. The number of hydrogen-bond donors (Lipinski definition) is 1. The maximum absolute atomic E-state index is 13.2. The molecule has 4 rings (SSSR count). The number of hydrogen-bond acceptors (Lipinski definition) is 3. The average molecular weight is 426 g/mol. The monoisotopic (exact) mass is 425 g/mol. The topological polar surface area (TPSA) is 55.4 Å². The molecule has 0 fully saturated rings. The number of nitrogens with one attached hydrogen (secondary N) is 1. The summed E-state index contributed by atoms with van der Waals surface area (Å²) in [6.07, 6.45) is 2.16. The van der Waals surface area contributed by atoms with Crippen molar-refractivity contribution in [2.24, 2.45) is 0 Å². The van der Waals surface area contributed by atoms with Crippen LogP contribution in [0.5, 0.6) is 0 Å². The first kappa shape index (κ1) is 21.6. The molecular weight excluding hydrogens is 398 g/mol. The van der Waals surface area contributed by atoms with E-state index in [9.17, 15) is 9.59 Å². The standard InChI is InChI=1S/C28H27NO3/c1-17(2)32-28(31)23-14-22-9-6-10-26(25(22)16-23)29-27(30)24-15-21(12-11-19(24)4)20-8-5-7-18(3)13-20/h5-13,15-17H,14H2,1-4H3,(H,29,30). The van der Waals surface area contributed by atoms with Crippen LogP contribution in [0.15, 0.2) is 66.2 Å². The number of amides is 1. The van der Waals surface area contributed by atoms with Gasteiger partial charge in [-0.25, -0.2) is 4.79 Å². The molecule has 1 aliphatic carbocycles. The van der Waals surface area contributed by atoms with Gasteiger partial charge < -0.3 is 10.1 Å². The molecule has 0 aromatic heterocycles. The summed E-state index contributed by atoms with van der Waals surface area (Å²) in [6, 6.07) is 19.9. The van der Waals surface area contributed by atoms with E-state index in [0.29, 0.717) is 23.2 Å². The van der Waals surface area contributed by atoms with Crippen LogP contribution in [0.25, 0.3) is 17.2 Å². The van der Waals surface area contributed by atoms with Gasteiger partial charge in [-0.3, -0.25) is 4.79 Å². The second-order valence-corrected chi connectivity index (χ2v) is 8.53. The van der Waals surface area contributed by atoms with Crippen molar-refractivity contribution in [3.63, 3.8) is 0 Å². The van der Waals surface area contributed by atoms with Crippen LogP contribution < -0.4 is 5.32 Å². The van der Waals surface area contributed by atoms with E-state index in [0.717, 1.165) is 27.8 Å². The van der Waals surface area contributed by atoms with Crippen LogP contribution in [-0.2, 0) is 16.0 Å². The summed E-state index contributed by atoms with van der Waals surface area (Å²) >= 11 is 0. The second kappa shape index (κ2) is 8.83. The summed E-state index contributed by atoms with van der Waals surface area (Å²) in [5.41, 5.74) is 7.96. The lowest BCUT2D eigenvalue weighted by molar-refractivity contribution is -0.142. The summed E-state index contributed by atoms with van der Waals surface area (Å²) in [7, 11) is 0. The van der Waals surface area contributed by atoms with Crippen LogP contribution in [0.3, 0.4) is 0 Å². The Morgan fingerprint density at radius 3 is 2.44 bits per heavy atom. The molecule has 0 radical (unpaired) electrons. The lowest BCUT2D eigenvalue weighted by atomic mass is 9.98. The van der Waals surface area contributed by atoms with Gasteiger partial charge in [0.05, 0.1) is 6.10 Å². The molecule has 3 aromatic carbocycles. The molecule has 0 unspecified atom stereocenters. The Bertz CT molecular complexity index is 1240. The highest BCUT2D eigenvalue weighted by Crippen LogP contribution is 2.32. The normalized spacial score (nSPS) is 12.3. The van der Waals surface area contributed by atoms with Crippen LogP contribution in [-0.4, -0.2) is 18.0 Å². The number of benzene rings is 3. The number of rotatable bonds is 5. The van der Waals surface area contributed by atoms with E-state index in [1.165, 1.54) is 5.56 Å². The summed E-state index contributed by atoms with van der Waals surface area (Å²) in [4.78, 5) is 25.6. The van der Waals surface area contributed by atoms with E-state index in [1.807, 2.05) is 75.4 Å². The molecule has 4 heteroatoms. The van der Waals surface area contributed by atoms with Gasteiger partial charge in [-0.15, -0.1) is 0 Å².